The molecular formula is C13H14ClNO. The van der Waals surface area contributed by atoms with Gasteiger partial charge in [-0.15, -0.1) is 11.6 Å². The molecule has 0 amide bonds. The Kier molecular flexibility index (Phi) is 3.75. The third-order valence-electron chi connectivity index (χ3n) is 2.67. The molecule has 1 N–H and O–H groups in total. The predicted octanol–water partition coefficient (Wildman–Crippen LogP) is 3.29. The van der Waals surface area contributed by atoms with E-state index in [1.807, 2.05) is 30.5 Å². The number of nitrogens with zero attached hydrogens (tertiary/aromatic N) is 1. The highest BCUT2D eigenvalue weighted by atomic mass is 35.5. The number of halogens is 1. The number of pyridine rings is 1. The molecule has 2 nitrogen and oxygen atoms in total. The number of rotatable bonds is 4. The van der Waals surface area contributed by atoms with Gasteiger partial charge in [-0.1, -0.05) is 24.3 Å². The fourth-order valence-electron chi connectivity index (χ4n) is 1.83. The van der Waals surface area contributed by atoms with E-state index >= 15 is 0 Å². The molecule has 1 unspecified atom stereocenters. The molecule has 0 aliphatic heterocycles. The van der Waals surface area contributed by atoms with Gasteiger partial charge in [0.25, 0.3) is 0 Å². The summed E-state index contributed by atoms with van der Waals surface area (Å²) in [5, 5.41) is 12.2. The maximum absolute atomic E-state index is 10.1. The van der Waals surface area contributed by atoms with Gasteiger partial charge in [-0.3, -0.25) is 4.98 Å². The average Bonchev–Trinajstić information content (AvgIpc) is 2.35. The molecule has 0 saturated heterocycles. The van der Waals surface area contributed by atoms with Crippen LogP contribution >= 0.6 is 11.6 Å². The summed E-state index contributed by atoms with van der Waals surface area (Å²) in [4.78, 5) is 4.15. The Morgan fingerprint density at radius 3 is 2.88 bits per heavy atom. The van der Waals surface area contributed by atoms with Crippen LogP contribution in [-0.4, -0.2) is 16.0 Å². The van der Waals surface area contributed by atoms with Gasteiger partial charge in [-0.05, 0) is 18.2 Å². The van der Waals surface area contributed by atoms with E-state index in [2.05, 4.69) is 4.98 Å². The number of aliphatic hydroxyl groups is 1. The second-order valence-electron chi connectivity index (χ2n) is 3.80. The summed E-state index contributed by atoms with van der Waals surface area (Å²) in [5.74, 6) is 0.579. The summed E-state index contributed by atoms with van der Waals surface area (Å²) in [6.07, 6.45) is 4.57. The number of hydrogen-bond donors (Lipinski definition) is 1. The Bertz CT molecular complexity index is 467. The molecule has 0 saturated carbocycles. The Balaban J connectivity index is 2.36. The number of aliphatic hydroxyl groups excluding tert-OH is 1. The first-order chi connectivity index (χ1) is 7.83. The van der Waals surface area contributed by atoms with Crippen LogP contribution in [0.5, 0.6) is 0 Å². The molecule has 0 spiro atoms. The first kappa shape index (κ1) is 11.4. The fourth-order valence-corrected chi connectivity index (χ4v) is 1.99. The van der Waals surface area contributed by atoms with Gasteiger partial charge < -0.3 is 5.11 Å². The van der Waals surface area contributed by atoms with E-state index in [0.717, 1.165) is 22.8 Å². The monoisotopic (exact) mass is 235 g/mol. The third-order valence-corrected chi connectivity index (χ3v) is 2.94. The van der Waals surface area contributed by atoms with Crippen LogP contribution in [0.15, 0.2) is 36.7 Å². The lowest BCUT2D eigenvalue weighted by molar-refractivity contribution is 0.168. The molecule has 2 rings (SSSR count). The van der Waals surface area contributed by atoms with Gasteiger partial charge in [0, 0.05) is 29.2 Å². The van der Waals surface area contributed by atoms with Crippen LogP contribution < -0.4 is 0 Å². The molecule has 0 fully saturated rings. The standard InChI is InChI=1S/C13H14ClNO/c14-7-3-6-13(16)12-9-15-8-10-4-1-2-5-11(10)12/h1-2,4-5,8-9,13,16H,3,6-7H2. The van der Waals surface area contributed by atoms with Crippen LogP contribution in [0.3, 0.4) is 0 Å². The van der Waals surface area contributed by atoms with Crippen molar-refractivity contribution in [2.45, 2.75) is 18.9 Å². The minimum Gasteiger partial charge on any atom is -0.388 e. The van der Waals surface area contributed by atoms with Gasteiger partial charge in [-0.2, -0.15) is 0 Å². The molecular weight excluding hydrogens is 222 g/mol. The van der Waals surface area contributed by atoms with Gasteiger partial charge in [0.2, 0.25) is 0 Å². The Morgan fingerprint density at radius 2 is 2.06 bits per heavy atom. The van der Waals surface area contributed by atoms with Crippen LogP contribution in [0.1, 0.15) is 24.5 Å². The van der Waals surface area contributed by atoms with E-state index in [4.69, 9.17) is 11.6 Å². The molecule has 1 aromatic carbocycles. The summed E-state index contributed by atoms with van der Waals surface area (Å²) < 4.78 is 0. The highest BCUT2D eigenvalue weighted by Crippen LogP contribution is 2.25. The van der Waals surface area contributed by atoms with Crippen molar-refractivity contribution in [3.63, 3.8) is 0 Å². The lowest BCUT2D eigenvalue weighted by Crippen LogP contribution is -1.99. The summed E-state index contributed by atoms with van der Waals surface area (Å²) in [6.45, 7) is 0. The molecule has 3 heteroatoms. The van der Waals surface area contributed by atoms with Crippen LogP contribution in [0.25, 0.3) is 10.8 Å². The van der Waals surface area contributed by atoms with Crippen molar-refractivity contribution < 1.29 is 5.11 Å². The van der Waals surface area contributed by atoms with E-state index in [-0.39, 0.29) is 0 Å². The summed E-state index contributed by atoms with van der Waals surface area (Å²) in [6, 6.07) is 7.95. The van der Waals surface area contributed by atoms with Crippen molar-refractivity contribution >= 4 is 22.4 Å². The highest BCUT2D eigenvalue weighted by molar-refractivity contribution is 6.17. The van der Waals surface area contributed by atoms with Crippen molar-refractivity contribution in [2.24, 2.45) is 0 Å². The number of hydrogen-bond acceptors (Lipinski definition) is 2. The van der Waals surface area contributed by atoms with Gasteiger partial charge in [0.15, 0.2) is 0 Å². The normalized spacial score (nSPS) is 12.9. The predicted molar refractivity (Wildman–Crippen MR) is 66.7 cm³/mol. The topological polar surface area (TPSA) is 33.1 Å². The molecule has 2 aromatic rings. The van der Waals surface area contributed by atoms with E-state index in [1.54, 1.807) is 6.20 Å². The van der Waals surface area contributed by atoms with Gasteiger partial charge in [0.05, 0.1) is 6.10 Å². The lowest BCUT2D eigenvalue weighted by atomic mass is 10.0. The minimum absolute atomic E-state index is 0.475. The summed E-state index contributed by atoms with van der Waals surface area (Å²) in [5.41, 5.74) is 0.892. The highest BCUT2D eigenvalue weighted by Gasteiger charge is 2.10. The lowest BCUT2D eigenvalue weighted by Gasteiger charge is -2.12. The fraction of sp³-hybridized carbons (Fsp3) is 0.308. The van der Waals surface area contributed by atoms with Crippen LogP contribution in [-0.2, 0) is 0 Å². The van der Waals surface area contributed by atoms with Crippen molar-refractivity contribution in [3.05, 3.63) is 42.2 Å². The van der Waals surface area contributed by atoms with Crippen molar-refractivity contribution in [1.82, 2.24) is 4.98 Å². The number of alkyl halides is 1. The molecule has 1 atom stereocenters. The van der Waals surface area contributed by atoms with Gasteiger partial charge in [-0.25, -0.2) is 0 Å². The van der Waals surface area contributed by atoms with Crippen molar-refractivity contribution in [3.8, 4) is 0 Å². The Labute approximate surface area is 99.9 Å². The first-order valence-corrected chi connectivity index (χ1v) is 5.93. The molecule has 0 radical (unpaired) electrons. The molecule has 16 heavy (non-hydrogen) atoms. The van der Waals surface area contributed by atoms with Crippen LogP contribution in [0.2, 0.25) is 0 Å². The molecule has 0 aliphatic carbocycles. The Morgan fingerprint density at radius 1 is 1.25 bits per heavy atom. The summed E-state index contributed by atoms with van der Waals surface area (Å²) >= 11 is 5.62. The zero-order chi connectivity index (χ0) is 11.4. The SMILES string of the molecule is OC(CCCCl)c1cncc2ccccc12. The van der Waals surface area contributed by atoms with E-state index in [9.17, 15) is 5.11 Å². The maximum Gasteiger partial charge on any atom is 0.0811 e. The summed E-state index contributed by atoms with van der Waals surface area (Å²) in [7, 11) is 0. The van der Waals surface area contributed by atoms with E-state index in [0.29, 0.717) is 12.3 Å². The van der Waals surface area contributed by atoms with Crippen molar-refractivity contribution in [2.75, 3.05) is 5.88 Å². The Hall–Kier alpha value is -1.12. The second-order valence-corrected chi connectivity index (χ2v) is 4.17. The zero-order valence-electron chi connectivity index (χ0n) is 8.94. The average molecular weight is 236 g/mol. The molecule has 84 valence electrons. The molecule has 1 aromatic heterocycles. The van der Waals surface area contributed by atoms with Crippen molar-refractivity contribution in [1.29, 1.82) is 0 Å². The van der Waals surface area contributed by atoms with E-state index in [1.165, 1.54) is 0 Å². The van der Waals surface area contributed by atoms with Gasteiger partial charge in [0.1, 0.15) is 0 Å². The smallest absolute Gasteiger partial charge is 0.0811 e. The maximum atomic E-state index is 10.1. The van der Waals surface area contributed by atoms with E-state index < -0.39 is 6.10 Å². The largest absolute Gasteiger partial charge is 0.388 e. The van der Waals surface area contributed by atoms with Crippen LogP contribution in [0, 0.1) is 0 Å². The number of benzene rings is 1. The second kappa shape index (κ2) is 5.28. The number of fused-ring (bicyclic) bond motifs is 1. The quantitative estimate of drug-likeness (QED) is 0.825. The first-order valence-electron chi connectivity index (χ1n) is 5.39. The minimum atomic E-state index is -0.475. The molecule has 0 bridgehead atoms. The van der Waals surface area contributed by atoms with Gasteiger partial charge >= 0.3 is 0 Å². The third kappa shape index (κ3) is 2.34. The molecule has 0 aliphatic rings. The number of aromatic nitrogens is 1. The zero-order valence-corrected chi connectivity index (χ0v) is 9.69. The molecule has 1 heterocycles. The van der Waals surface area contributed by atoms with Crippen LogP contribution in [0.4, 0.5) is 0 Å².